The van der Waals surface area contributed by atoms with Gasteiger partial charge in [0.15, 0.2) is 6.10 Å². The zero-order chi connectivity index (χ0) is 13.5. The summed E-state index contributed by atoms with van der Waals surface area (Å²) >= 11 is 0. The van der Waals surface area contributed by atoms with E-state index in [9.17, 15) is 4.39 Å². The maximum atomic E-state index is 13.3. The van der Waals surface area contributed by atoms with Gasteiger partial charge in [-0.25, -0.2) is 4.39 Å². The first kappa shape index (κ1) is 14.5. The van der Waals surface area contributed by atoms with Crippen LogP contribution in [0.3, 0.4) is 0 Å². The second-order valence-electron chi connectivity index (χ2n) is 4.25. The monoisotopic (exact) mass is 250 g/mol. The molecule has 0 heterocycles. The van der Waals surface area contributed by atoms with Crippen molar-refractivity contribution in [1.82, 2.24) is 5.32 Å². The quantitative estimate of drug-likeness (QED) is 0.843. The highest BCUT2D eigenvalue weighted by atomic mass is 19.1. The summed E-state index contributed by atoms with van der Waals surface area (Å²) in [5, 5.41) is 12.0. The zero-order valence-corrected chi connectivity index (χ0v) is 11.0. The fourth-order valence-electron chi connectivity index (χ4n) is 1.65. The molecule has 1 aromatic rings. The third kappa shape index (κ3) is 4.01. The van der Waals surface area contributed by atoms with E-state index in [0.29, 0.717) is 5.75 Å². The predicted molar refractivity (Wildman–Crippen MR) is 68.8 cm³/mol. The molecule has 1 rings (SSSR count). The molecular formula is C14H19FN2O. The minimum absolute atomic E-state index is 0.0125. The molecule has 1 N–H and O–H groups in total. The highest BCUT2D eigenvalue weighted by Crippen LogP contribution is 2.27. The highest BCUT2D eigenvalue weighted by molar-refractivity contribution is 5.36. The molecule has 0 saturated carbocycles. The van der Waals surface area contributed by atoms with Crippen LogP contribution < -0.4 is 10.1 Å². The molecule has 2 unspecified atom stereocenters. The van der Waals surface area contributed by atoms with Crippen LogP contribution in [0.4, 0.5) is 4.39 Å². The summed E-state index contributed by atoms with van der Waals surface area (Å²) in [6.07, 6.45) is 0.456. The Morgan fingerprint density at radius 1 is 1.44 bits per heavy atom. The smallest absolute Gasteiger partial charge is 0.181 e. The fourth-order valence-corrected chi connectivity index (χ4v) is 1.65. The number of benzene rings is 1. The van der Waals surface area contributed by atoms with Crippen molar-refractivity contribution in [3.63, 3.8) is 0 Å². The standard InChI is InChI=1S/C14H19FN2O/c1-4-7-17-11(3)13-8-12(15)5-6-14(13)18-10(2)9-16/h5-6,8,10-11,17H,4,7H2,1-3H3. The van der Waals surface area contributed by atoms with Crippen molar-refractivity contribution in [1.29, 1.82) is 5.26 Å². The minimum Gasteiger partial charge on any atom is -0.476 e. The van der Waals surface area contributed by atoms with Crippen LogP contribution in [0, 0.1) is 17.1 Å². The lowest BCUT2D eigenvalue weighted by Crippen LogP contribution is -2.21. The normalized spacial score (nSPS) is 13.7. The van der Waals surface area contributed by atoms with Crippen LogP contribution in [0.2, 0.25) is 0 Å². The molecule has 0 spiro atoms. The van der Waals surface area contributed by atoms with E-state index in [4.69, 9.17) is 10.00 Å². The lowest BCUT2D eigenvalue weighted by molar-refractivity contribution is 0.270. The molecule has 0 aliphatic rings. The van der Waals surface area contributed by atoms with Crippen LogP contribution in [-0.2, 0) is 0 Å². The van der Waals surface area contributed by atoms with Crippen molar-refractivity contribution in [2.75, 3.05) is 6.54 Å². The minimum atomic E-state index is -0.549. The van der Waals surface area contributed by atoms with Crippen LogP contribution in [0.5, 0.6) is 5.75 Å². The molecule has 0 fully saturated rings. The van der Waals surface area contributed by atoms with E-state index in [1.165, 1.54) is 12.1 Å². The van der Waals surface area contributed by atoms with Crippen LogP contribution in [0.1, 0.15) is 38.8 Å². The molecule has 0 bridgehead atoms. The number of ether oxygens (including phenoxy) is 1. The van der Waals surface area contributed by atoms with Gasteiger partial charge in [-0.15, -0.1) is 0 Å². The molecule has 0 radical (unpaired) electrons. The largest absolute Gasteiger partial charge is 0.476 e. The van der Waals surface area contributed by atoms with Gasteiger partial charge in [-0.3, -0.25) is 0 Å². The van der Waals surface area contributed by atoms with E-state index in [-0.39, 0.29) is 11.9 Å². The summed E-state index contributed by atoms with van der Waals surface area (Å²) in [6.45, 7) is 6.54. The summed E-state index contributed by atoms with van der Waals surface area (Å²) < 4.78 is 18.8. The van der Waals surface area contributed by atoms with Gasteiger partial charge in [-0.2, -0.15) is 5.26 Å². The predicted octanol–water partition coefficient (Wildman–Crippen LogP) is 3.18. The van der Waals surface area contributed by atoms with Crippen LogP contribution in [0.15, 0.2) is 18.2 Å². The Morgan fingerprint density at radius 3 is 2.78 bits per heavy atom. The topological polar surface area (TPSA) is 45.0 Å². The average Bonchev–Trinajstić information content (AvgIpc) is 2.37. The first-order valence-electron chi connectivity index (χ1n) is 6.17. The summed E-state index contributed by atoms with van der Waals surface area (Å²) in [7, 11) is 0. The molecule has 0 aliphatic heterocycles. The molecule has 2 atom stereocenters. The number of nitrogens with one attached hydrogen (secondary N) is 1. The van der Waals surface area contributed by atoms with Gasteiger partial charge in [-0.05, 0) is 45.0 Å². The van der Waals surface area contributed by atoms with E-state index in [1.54, 1.807) is 13.0 Å². The third-order valence-corrected chi connectivity index (χ3v) is 2.62. The molecule has 98 valence electrons. The van der Waals surface area contributed by atoms with E-state index in [2.05, 4.69) is 12.2 Å². The maximum Gasteiger partial charge on any atom is 0.181 e. The molecule has 1 aromatic carbocycles. The molecule has 0 aromatic heterocycles. The number of hydrogen-bond acceptors (Lipinski definition) is 3. The second kappa shape index (κ2) is 6.97. The second-order valence-corrected chi connectivity index (χ2v) is 4.25. The van der Waals surface area contributed by atoms with Crippen molar-refractivity contribution in [3.05, 3.63) is 29.6 Å². The van der Waals surface area contributed by atoms with Crippen LogP contribution in [0.25, 0.3) is 0 Å². The Morgan fingerprint density at radius 2 is 2.17 bits per heavy atom. The summed E-state index contributed by atoms with van der Waals surface area (Å²) in [5.41, 5.74) is 0.741. The lowest BCUT2D eigenvalue weighted by atomic mass is 10.1. The summed E-state index contributed by atoms with van der Waals surface area (Å²) in [6, 6.07) is 6.35. The first-order valence-corrected chi connectivity index (χ1v) is 6.17. The number of halogens is 1. The van der Waals surface area contributed by atoms with Crippen molar-refractivity contribution in [2.45, 2.75) is 39.3 Å². The molecule has 18 heavy (non-hydrogen) atoms. The van der Waals surface area contributed by atoms with E-state index in [0.717, 1.165) is 18.5 Å². The number of nitrogens with zero attached hydrogens (tertiary/aromatic N) is 1. The van der Waals surface area contributed by atoms with Gasteiger partial charge in [0.1, 0.15) is 17.6 Å². The SMILES string of the molecule is CCCNC(C)c1cc(F)ccc1OC(C)C#N. The van der Waals surface area contributed by atoms with Crippen LogP contribution in [-0.4, -0.2) is 12.6 Å². The summed E-state index contributed by atoms with van der Waals surface area (Å²) in [4.78, 5) is 0. The Balaban J connectivity index is 2.92. The van der Waals surface area contributed by atoms with E-state index in [1.807, 2.05) is 13.0 Å². The highest BCUT2D eigenvalue weighted by Gasteiger charge is 2.14. The van der Waals surface area contributed by atoms with Gasteiger partial charge in [0.2, 0.25) is 0 Å². The Labute approximate surface area is 108 Å². The fraction of sp³-hybridized carbons (Fsp3) is 0.500. The number of rotatable bonds is 6. The number of nitriles is 1. The van der Waals surface area contributed by atoms with Gasteiger partial charge >= 0.3 is 0 Å². The lowest BCUT2D eigenvalue weighted by Gasteiger charge is -2.19. The zero-order valence-electron chi connectivity index (χ0n) is 11.0. The molecule has 0 amide bonds. The maximum absolute atomic E-state index is 13.3. The third-order valence-electron chi connectivity index (χ3n) is 2.62. The van der Waals surface area contributed by atoms with Gasteiger partial charge < -0.3 is 10.1 Å². The number of hydrogen-bond donors (Lipinski definition) is 1. The molecular weight excluding hydrogens is 231 g/mol. The van der Waals surface area contributed by atoms with E-state index < -0.39 is 6.10 Å². The van der Waals surface area contributed by atoms with Crippen molar-refractivity contribution in [3.8, 4) is 11.8 Å². The van der Waals surface area contributed by atoms with Crippen LogP contribution >= 0.6 is 0 Å². The van der Waals surface area contributed by atoms with Gasteiger partial charge in [-0.1, -0.05) is 6.92 Å². The summed E-state index contributed by atoms with van der Waals surface area (Å²) in [5.74, 6) is 0.258. The van der Waals surface area contributed by atoms with Crippen molar-refractivity contribution >= 4 is 0 Å². The first-order chi connectivity index (χ1) is 8.58. The van der Waals surface area contributed by atoms with Gasteiger partial charge in [0.25, 0.3) is 0 Å². The molecule has 0 aliphatic carbocycles. The molecule has 3 nitrogen and oxygen atoms in total. The molecule has 0 saturated heterocycles. The van der Waals surface area contributed by atoms with E-state index >= 15 is 0 Å². The Bertz CT molecular complexity index is 428. The van der Waals surface area contributed by atoms with Crippen molar-refractivity contribution in [2.24, 2.45) is 0 Å². The Kier molecular flexibility index (Phi) is 5.60. The van der Waals surface area contributed by atoms with Crippen molar-refractivity contribution < 1.29 is 9.13 Å². The Hall–Kier alpha value is -1.60. The molecule has 4 heteroatoms. The average molecular weight is 250 g/mol. The van der Waals surface area contributed by atoms with Gasteiger partial charge in [0, 0.05) is 11.6 Å². The van der Waals surface area contributed by atoms with Gasteiger partial charge in [0.05, 0.1) is 0 Å².